The van der Waals surface area contributed by atoms with Gasteiger partial charge in [-0.05, 0) is 92.4 Å². The summed E-state index contributed by atoms with van der Waals surface area (Å²) in [4.78, 5) is 41.7. The van der Waals surface area contributed by atoms with Crippen molar-refractivity contribution in [3.63, 3.8) is 0 Å². The molecule has 8 atom stereocenters. The molecule has 13 rings (SSSR count). The molecular weight excluding hydrogens is 694 g/mol. The average Bonchev–Trinajstić information content (AvgIpc) is 3.98. The van der Waals surface area contributed by atoms with Crippen molar-refractivity contribution in [3.8, 4) is 11.5 Å². The summed E-state index contributed by atoms with van der Waals surface area (Å²) in [5, 5.41) is 0. The van der Waals surface area contributed by atoms with E-state index in [0.29, 0.717) is 58.8 Å². The molecule has 0 aliphatic heterocycles. The molecule has 1 unspecified atom stereocenters. The third-order valence-corrected chi connectivity index (χ3v) is 15.2. The highest BCUT2D eigenvalue weighted by Crippen LogP contribution is 2.73. The number of benzene rings is 5. The molecule has 0 saturated heterocycles. The Morgan fingerprint density at radius 3 is 0.865 bits per heavy atom. The highest BCUT2D eigenvalue weighted by molar-refractivity contribution is 7.47. The Morgan fingerprint density at radius 1 is 0.385 bits per heavy atom. The van der Waals surface area contributed by atoms with Crippen LogP contribution in [-0.4, -0.2) is 19.6 Å². The van der Waals surface area contributed by atoms with E-state index in [0.717, 1.165) is 35.1 Å². The molecule has 0 heterocycles. The van der Waals surface area contributed by atoms with Crippen molar-refractivity contribution in [1.29, 1.82) is 0 Å². The van der Waals surface area contributed by atoms with E-state index in [-0.39, 0.29) is 35.2 Å². The van der Waals surface area contributed by atoms with Gasteiger partial charge in [0.05, 0.1) is 0 Å². The summed E-state index contributed by atoms with van der Waals surface area (Å²) in [6.45, 7) is 0. The van der Waals surface area contributed by atoms with Gasteiger partial charge in [-0.15, -0.1) is 0 Å². The molecule has 0 amide bonds. The van der Waals surface area contributed by atoms with E-state index >= 15 is 0 Å². The first-order valence-electron chi connectivity index (χ1n) is 18.3. The molecule has 52 heavy (non-hydrogen) atoms. The van der Waals surface area contributed by atoms with Gasteiger partial charge in [0, 0.05) is 69.6 Å². The molecule has 8 bridgehead atoms. The third kappa shape index (κ3) is 3.46. The predicted molar refractivity (Wildman–Crippen MR) is 191 cm³/mol. The second-order valence-electron chi connectivity index (χ2n) is 16.3. The summed E-state index contributed by atoms with van der Waals surface area (Å²) in [6, 6.07) is 26.6. The van der Waals surface area contributed by atoms with Gasteiger partial charge >= 0.3 is 15.6 Å². The lowest BCUT2D eigenvalue weighted by Gasteiger charge is -2.33. The van der Waals surface area contributed by atoms with Crippen molar-refractivity contribution >= 4 is 15.6 Å². The van der Waals surface area contributed by atoms with E-state index in [9.17, 15) is 28.7 Å². The lowest BCUT2D eigenvalue weighted by Crippen LogP contribution is -2.16. The van der Waals surface area contributed by atoms with E-state index in [1.54, 1.807) is 0 Å². The minimum absolute atomic E-state index is 0.187. The summed E-state index contributed by atoms with van der Waals surface area (Å²) in [5.41, 5.74) is 17.7. The maximum atomic E-state index is 12.8. The molecular formula is C42H32O8P2. The molecule has 0 aromatic heterocycles. The summed E-state index contributed by atoms with van der Waals surface area (Å²) in [7, 11) is -10.1. The van der Waals surface area contributed by atoms with Gasteiger partial charge in [0.15, 0.2) is 0 Å². The molecule has 0 radical (unpaired) electrons. The summed E-state index contributed by atoms with van der Waals surface area (Å²) < 4.78 is 37.3. The van der Waals surface area contributed by atoms with Gasteiger partial charge < -0.3 is 9.05 Å². The number of phosphoric acid groups is 2. The predicted octanol–water partition coefficient (Wildman–Crippen LogP) is 8.55. The van der Waals surface area contributed by atoms with Crippen LogP contribution in [0.2, 0.25) is 0 Å². The first-order chi connectivity index (χ1) is 25.0. The fourth-order valence-electron chi connectivity index (χ4n) is 12.9. The van der Waals surface area contributed by atoms with Gasteiger partial charge in [0.1, 0.15) is 11.5 Å². The third-order valence-electron chi connectivity index (χ3n) is 14.3. The van der Waals surface area contributed by atoms with Gasteiger partial charge in [0.25, 0.3) is 0 Å². The van der Waals surface area contributed by atoms with Crippen LogP contribution in [0.1, 0.15) is 162 Å². The fourth-order valence-corrected chi connectivity index (χ4v) is 13.7. The molecule has 0 saturated carbocycles. The molecule has 8 aliphatic rings. The van der Waals surface area contributed by atoms with E-state index in [1.807, 2.05) is 0 Å². The Kier molecular flexibility index (Phi) is 5.21. The number of phosphoric ester groups is 2. The Labute approximate surface area is 298 Å². The van der Waals surface area contributed by atoms with Crippen LogP contribution >= 0.6 is 15.6 Å². The van der Waals surface area contributed by atoms with Crippen molar-refractivity contribution in [1.82, 2.24) is 0 Å². The zero-order chi connectivity index (χ0) is 34.7. The number of hydrogen-bond donors (Lipinski definition) is 4. The van der Waals surface area contributed by atoms with Crippen LogP contribution in [0.15, 0.2) is 72.8 Å². The fraction of sp³-hybridized carbons (Fsp3) is 0.286. The van der Waals surface area contributed by atoms with Crippen molar-refractivity contribution in [2.75, 3.05) is 0 Å². The Hall–Kier alpha value is -4.00. The maximum absolute atomic E-state index is 12.8. The molecule has 0 spiro atoms. The molecule has 0 fully saturated rings. The quantitative estimate of drug-likeness (QED) is 0.136. The average molecular weight is 727 g/mol. The van der Waals surface area contributed by atoms with Gasteiger partial charge in [-0.25, -0.2) is 9.13 Å². The molecule has 8 nitrogen and oxygen atoms in total. The molecule has 4 N–H and O–H groups in total. The van der Waals surface area contributed by atoms with Crippen LogP contribution in [0.3, 0.4) is 0 Å². The lowest BCUT2D eigenvalue weighted by atomic mass is 9.74. The number of hydrogen-bond acceptors (Lipinski definition) is 4. The Morgan fingerprint density at radius 2 is 0.615 bits per heavy atom. The first kappa shape index (κ1) is 29.5. The molecule has 5 aromatic rings. The van der Waals surface area contributed by atoms with E-state index in [4.69, 9.17) is 9.05 Å². The smallest absolute Gasteiger partial charge is 0.404 e. The monoisotopic (exact) mass is 726 g/mol. The van der Waals surface area contributed by atoms with Crippen molar-refractivity contribution in [3.05, 3.63) is 162 Å². The van der Waals surface area contributed by atoms with Crippen LogP contribution in [0.5, 0.6) is 11.5 Å². The standard InChI is InChI=1S/C42H32O8P2/c43-51(44,45)49-41-37-33-15-34(30-12-26-22-9-21(25(26)11-29(30)33)17-5-1-2-6-18(17)22)38(37)42(50-52(46,47)48)40-36-16-35(39(40)41)31-13-27-23-10-24(28(27)14-32(31)36)20-8-4-3-7-19(20)23/h1-8,11-14,21-24,33-36H,9-10,15-16H2,(H2,43,44,45)(H2,46,47,48)/t21-,22-,23-,24-,33-,34-,35-,36?/m0/s1. The van der Waals surface area contributed by atoms with Gasteiger partial charge in [0.2, 0.25) is 0 Å². The highest BCUT2D eigenvalue weighted by Gasteiger charge is 2.56. The van der Waals surface area contributed by atoms with E-state index in [2.05, 4.69) is 72.8 Å². The van der Waals surface area contributed by atoms with Crippen molar-refractivity contribution in [2.24, 2.45) is 0 Å². The lowest BCUT2D eigenvalue weighted by molar-refractivity contribution is 0.275. The van der Waals surface area contributed by atoms with Crippen LogP contribution in [0.25, 0.3) is 0 Å². The van der Waals surface area contributed by atoms with Crippen LogP contribution in [0, 0.1) is 0 Å². The molecule has 5 aromatic carbocycles. The Balaban J connectivity index is 1.03. The largest absolute Gasteiger partial charge is 0.524 e. The van der Waals surface area contributed by atoms with Crippen LogP contribution < -0.4 is 9.05 Å². The van der Waals surface area contributed by atoms with E-state index in [1.165, 1.54) is 44.5 Å². The molecule has 8 aliphatic carbocycles. The summed E-state index contributed by atoms with van der Waals surface area (Å²) >= 11 is 0. The van der Waals surface area contributed by atoms with Gasteiger partial charge in [-0.2, -0.15) is 0 Å². The number of fused-ring (bicyclic) bond motifs is 32. The minimum Gasteiger partial charge on any atom is -0.404 e. The summed E-state index contributed by atoms with van der Waals surface area (Å²) in [5.74, 6) is 0.661. The topological polar surface area (TPSA) is 134 Å². The second kappa shape index (κ2) is 9.19. The number of rotatable bonds is 4. The molecule has 258 valence electrons. The zero-order valence-corrected chi connectivity index (χ0v) is 29.5. The van der Waals surface area contributed by atoms with Crippen molar-refractivity contribution < 1.29 is 37.8 Å². The SMILES string of the molecule is O=P(O)(O)Oc1c2c(c(OP(=O)(O)O)c3c1[C@H]1C[C@H]3c3cc4c(cc31)[C@H]1C[C@H]4c3ccccc31)[C@H]1CC2c2cc3c(cc21)[C@H]1C[C@H]3c2ccccc21. The minimum atomic E-state index is -5.03. The zero-order valence-electron chi connectivity index (χ0n) is 27.7. The Bertz CT molecular complexity index is 2340. The molecule has 10 heteroatoms. The van der Waals surface area contributed by atoms with Gasteiger partial charge in [-0.1, -0.05) is 72.8 Å². The highest BCUT2D eigenvalue weighted by atomic mass is 31.2. The van der Waals surface area contributed by atoms with Crippen LogP contribution in [-0.2, 0) is 9.13 Å². The normalized spacial score (nSPS) is 29.0. The van der Waals surface area contributed by atoms with Crippen molar-refractivity contribution in [2.45, 2.75) is 73.0 Å². The first-order valence-corrected chi connectivity index (χ1v) is 21.3. The second-order valence-corrected chi connectivity index (χ2v) is 18.6. The maximum Gasteiger partial charge on any atom is 0.524 e. The summed E-state index contributed by atoms with van der Waals surface area (Å²) in [6.07, 6.45) is 3.33. The van der Waals surface area contributed by atoms with Gasteiger partial charge in [-0.3, -0.25) is 19.6 Å². The van der Waals surface area contributed by atoms with Crippen LogP contribution in [0.4, 0.5) is 0 Å². The van der Waals surface area contributed by atoms with E-state index < -0.39 is 15.6 Å².